The fourth-order valence-corrected chi connectivity index (χ4v) is 3.44. The quantitative estimate of drug-likeness (QED) is 0.804. The van der Waals surface area contributed by atoms with E-state index in [1.807, 2.05) is 13.0 Å². The molecule has 0 aliphatic carbocycles. The standard InChI is InChI=1S/C19H25ClN2O4/c1-13-12-15(5-6-16(13)20)26-14(2)18(23)21-7-9-22(10-8-21)19(24)17-4-3-11-25-17/h5-6,12,14,17H,3-4,7-11H2,1-2H3. The number of hydrogen-bond acceptors (Lipinski definition) is 4. The zero-order valence-corrected chi connectivity index (χ0v) is 16.0. The molecule has 2 unspecified atom stereocenters. The number of carbonyl (C=O) groups excluding carboxylic acids is 2. The second-order valence-electron chi connectivity index (χ2n) is 6.82. The number of ether oxygens (including phenoxy) is 2. The molecule has 7 heteroatoms. The van der Waals surface area contributed by atoms with Gasteiger partial charge in [0.15, 0.2) is 6.10 Å². The third-order valence-corrected chi connectivity index (χ3v) is 5.32. The average molecular weight is 381 g/mol. The SMILES string of the molecule is Cc1cc(OC(C)C(=O)N2CCN(C(=O)C3CCCO3)CC2)ccc1Cl. The Kier molecular flexibility index (Phi) is 6.04. The van der Waals surface area contributed by atoms with E-state index < -0.39 is 6.10 Å². The van der Waals surface area contributed by atoms with E-state index in [1.165, 1.54) is 0 Å². The Labute approximate surface area is 159 Å². The molecule has 26 heavy (non-hydrogen) atoms. The molecule has 0 bridgehead atoms. The Balaban J connectivity index is 1.50. The first kappa shape index (κ1) is 19.0. The number of benzene rings is 1. The van der Waals surface area contributed by atoms with Gasteiger partial charge >= 0.3 is 0 Å². The molecule has 0 aromatic heterocycles. The highest BCUT2D eigenvalue weighted by molar-refractivity contribution is 6.31. The average Bonchev–Trinajstić information content (AvgIpc) is 3.18. The zero-order valence-electron chi connectivity index (χ0n) is 15.2. The van der Waals surface area contributed by atoms with E-state index in [0.717, 1.165) is 18.4 Å². The number of rotatable bonds is 4. The van der Waals surface area contributed by atoms with Gasteiger partial charge in [-0.2, -0.15) is 0 Å². The summed E-state index contributed by atoms with van der Waals surface area (Å²) >= 11 is 6.02. The number of aryl methyl sites for hydroxylation is 1. The van der Waals surface area contributed by atoms with Crippen molar-refractivity contribution in [3.8, 4) is 5.75 Å². The Hall–Kier alpha value is -1.79. The van der Waals surface area contributed by atoms with Crippen LogP contribution in [0, 0.1) is 6.92 Å². The lowest BCUT2D eigenvalue weighted by molar-refractivity contribution is -0.148. The Morgan fingerprint density at radius 2 is 1.92 bits per heavy atom. The molecule has 1 aromatic rings. The van der Waals surface area contributed by atoms with Crippen molar-refractivity contribution in [3.63, 3.8) is 0 Å². The van der Waals surface area contributed by atoms with Crippen LogP contribution in [0.3, 0.4) is 0 Å². The number of carbonyl (C=O) groups is 2. The van der Waals surface area contributed by atoms with Crippen LogP contribution in [0.1, 0.15) is 25.3 Å². The highest BCUT2D eigenvalue weighted by atomic mass is 35.5. The van der Waals surface area contributed by atoms with Crippen molar-refractivity contribution in [1.82, 2.24) is 9.80 Å². The lowest BCUT2D eigenvalue weighted by atomic mass is 10.2. The number of halogens is 1. The minimum Gasteiger partial charge on any atom is -0.481 e. The molecule has 6 nitrogen and oxygen atoms in total. The highest BCUT2D eigenvalue weighted by Crippen LogP contribution is 2.22. The molecule has 2 heterocycles. The van der Waals surface area contributed by atoms with Crippen molar-refractivity contribution >= 4 is 23.4 Å². The first-order chi connectivity index (χ1) is 12.5. The van der Waals surface area contributed by atoms with Gasteiger partial charge in [-0.05, 0) is 50.5 Å². The molecule has 142 valence electrons. The molecule has 0 spiro atoms. The Morgan fingerprint density at radius 1 is 1.23 bits per heavy atom. The zero-order chi connectivity index (χ0) is 18.7. The third kappa shape index (κ3) is 4.30. The Morgan fingerprint density at radius 3 is 2.54 bits per heavy atom. The molecule has 2 amide bonds. The minimum atomic E-state index is -0.587. The van der Waals surface area contributed by atoms with Gasteiger partial charge in [0.2, 0.25) is 0 Å². The van der Waals surface area contributed by atoms with Gasteiger partial charge in [-0.25, -0.2) is 0 Å². The molecule has 2 saturated heterocycles. The summed E-state index contributed by atoms with van der Waals surface area (Å²) in [5.41, 5.74) is 0.907. The second-order valence-corrected chi connectivity index (χ2v) is 7.23. The van der Waals surface area contributed by atoms with Crippen LogP contribution >= 0.6 is 11.6 Å². The van der Waals surface area contributed by atoms with Crippen LogP contribution in [0.2, 0.25) is 5.02 Å². The van der Waals surface area contributed by atoms with Crippen molar-refractivity contribution in [3.05, 3.63) is 28.8 Å². The van der Waals surface area contributed by atoms with Crippen LogP contribution in [0.4, 0.5) is 0 Å². The van der Waals surface area contributed by atoms with Crippen LogP contribution in [0.5, 0.6) is 5.75 Å². The van der Waals surface area contributed by atoms with Gasteiger partial charge in [-0.15, -0.1) is 0 Å². The first-order valence-corrected chi connectivity index (χ1v) is 9.45. The van der Waals surface area contributed by atoms with Gasteiger partial charge < -0.3 is 19.3 Å². The van der Waals surface area contributed by atoms with E-state index in [4.69, 9.17) is 21.1 Å². The van der Waals surface area contributed by atoms with E-state index >= 15 is 0 Å². The summed E-state index contributed by atoms with van der Waals surface area (Å²) in [5, 5.41) is 0.670. The molecule has 0 N–H and O–H groups in total. The summed E-state index contributed by atoms with van der Waals surface area (Å²) in [6.07, 6.45) is 0.848. The van der Waals surface area contributed by atoms with E-state index in [0.29, 0.717) is 43.6 Å². The second kappa shape index (κ2) is 8.27. The van der Waals surface area contributed by atoms with Crippen LogP contribution in [-0.4, -0.2) is 66.6 Å². The molecule has 2 aliphatic heterocycles. The topological polar surface area (TPSA) is 59.1 Å². The van der Waals surface area contributed by atoms with Gasteiger partial charge in [0.1, 0.15) is 11.9 Å². The van der Waals surface area contributed by atoms with Crippen molar-refractivity contribution in [1.29, 1.82) is 0 Å². The molecule has 0 radical (unpaired) electrons. The maximum absolute atomic E-state index is 12.6. The predicted molar refractivity (Wildman–Crippen MR) is 98.4 cm³/mol. The monoisotopic (exact) mass is 380 g/mol. The summed E-state index contributed by atoms with van der Waals surface area (Å²) in [4.78, 5) is 28.6. The largest absolute Gasteiger partial charge is 0.481 e. The molecule has 2 atom stereocenters. The molecule has 2 aliphatic rings. The van der Waals surface area contributed by atoms with Gasteiger partial charge in [0.05, 0.1) is 0 Å². The summed E-state index contributed by atoms with van der Waals surface area (Å²) in [6.45, 7) is 6.42. The maximum atomic E-state index is 12.6. The number of amides is 2. The molecular weight excluding hydrogens is 356 g/mol. The van der Waals surface area contributed by atoms with Crippen molar-refractivity contribution < 1.29 is 19.1 Å². The normalized spacial score (nSPS) is 21.6. The predicted octanol–water partition coefficient (Wildman–Crippen LogP) is 2.27. The van der Waals surface area contributed by atoms with E-state index in [-0.39, 0.29) is 17.9 Å². The minimum absolute atomic E-state index is 0.0514. The summed E-state index contributed by atoms with van der Waals surface area (Å²) in [7, 11) is 0. The fraction of sp³-hybridized carbons (Fsp3) is 0.579. The van der Waals surface area contributed by atoms with Crippen LogP contribution in [-0.2, 0) is 14.3 Å². The molecule has 1 aromatic carbocycles. The molecule has 3 rings (SSSR count). The lowest BCUT2D eigenvalue weighted by Crippen LogP contribution is -2.54. The van der Waals surface area contributed by atoms with E-state index in [1.54, 1.807) is 28.9 Å². The fourth-order valence-electron chi connectivity index (χ4n) is 3.33. The van der Waals surface area contributed by atoms with Crippen molar-refractivity contribution in [2.75, 3.05) is 32.8 Å². The van der Waals surface area contributed by atoms with Crippen molar-refractivity contribution in [2.45, 2.75) is 38.9 Å². The number of piperazine rings is 1. The van der Waals surface area contributed by atoms with Crippen LogP contribution < -0.4 is 4.74 Å². The van der Waals surface area contributed by atoms with Gasteiger partial charge in [0.25, 0.3) is 11.8 Å². The molecule has 2 fully saturated rings. The molecule has 0 saturated carbocycles. The van der Waals surface area contributed by atoms with Crippen LogP contribution in [0.25, 0.3) is 0 Å². The molecular formula is C19H25ClN2O4. The van der Waals surface area contributed by atoms with Gasteiger partial charge in [0, 0.05) is 37.8 Å². The first-order valence-electron chi connectivity index (χ1n) is 9.07. The van der Waals surface area contributed by atoms with Crippen LogP contribution in [0.15, 0.2) is 18.2 Å². The van der Waals surface area contributed by atoms with E-state index in [2.05, 4.69) is 0 Å². The maximum Gasteiger partial charge on any atom is 0.263 e. The number of nitrogens with zero attached hydrogens (tertiary/aromatic N) is 2. The highest BCUT2D eigenvalue weighted by Gasteiger charge is 2.32. The summed E-state index contributed by atoms with van der Waals surface area (Å²) < 4.78 is 11.2. The van der Waals surface area contributed by atoms with E-state index in [9.17, 15) is 9.59 Å². The Bertz CT molecular complexity index is 668. The number of hydrogen-bond donors (Lipinski definition) is 0. The van der Waals surface area contributed by atoms with Gasteiger partial charge in [-0.3, -0.25) is 9.59 Å². The smallest absolute Gasteiger partial charge is 0.263 e. The third-order valence-electron chi connectivity index (χ3n) is 4.90. The summed E-state index contributed by atoms with van der Waals surface area (Å²) in [5.74, 6) is 0.609. The lowest BCUT2D eigenvalue weighted by Gasteiger charge is -2.36. The summed E-state index contributed by atoms with van der Waals surface area (Å²) in [6, 6.07) is 5.35. The van der Waals surface area contributed by atoms with Crippen molar-refractivity contribution in [2.24, 2.45) is 0 Å². The van der Waals surface area contributed by atoms with Gasteiger partial charge in [-0.1, -0.05) is 11.6 Å².